The molecule has 7 heteroatoms. The first kappa shape index (κ1) is 15.2. The van der Waals surface area contributed by atoms with Crippen molar-refractivity contribution in [1.29, 1.82) is 0 Å². The summed E-state index contributed by atoms with van der Waals surface area (Å²) in [6.07, 6.45) is 3.17. The van der Waals surface area contributed by atoms with Crippen molar-refractivity contribution < 1.29 is 4.79 Å². The third-order valence-electron chi connectivity index (χ3n) is 2.96. The summed E-state index contributed by atoms with van der Waals surface area (Å²) >= 11 is 0. The predicted molar refractivity (Wildman–Crippen MR) is 80.6 cm³/mol. The molecule has 0 spiro atoms. The van der Waals surface area contributed by atoms with Crippen LogP contribution >= 0.6 is 0 Å². The lowest BCUT2D eigenvalue weighted by Crippen LogP contribution is -2.34. The lowest BCUT2D eigenvalue weighted by Gasteiger charge is -2.19. The highest BCUT2D eigenvalue weighted by Gasteiger charge is 2.20. The van der Waals surface area contributed by atoms with Crippen molar-refractivity contribution in [3.05, 3.63) is 22.9 Å². The summed E-state index contributed by atoms with van der Waals surface area (Å²) in [6.45, 7) is 9.83. The lowest BCUT2D eigenvalue weighted by atomic mass is 10.1. The number of aromatic nitrogens is 4. The standard InChI is InChI=1S/C14H21N5O2/c1-9(2)6-11(20)17-18-8-15-12-10(13(18)21)7-16-19(12)14(3,4)5/h7-9H,6H2,1-5H3,(H,17,20). The number of fused-ring (bicyclic) bond motifs is 1. The van der Waals surface area contributed by atoms with Gasteiger partial charge in [0.2, 0.25) is 5.91 Å². The molecule has 7 nitrogen and oxygen atoms in total. The molecule has 0 aliphatic rings. The van der Waals surface area contributed by atoms with E-state index < -0.39 is 0 Å². The van der Waals surface area contributed by atoms with E-state index >= 15 is 0 Å². The van der Waals surface area contributed by atoms with Crippen molar-refractivity contribution in [2.45, 2.75) is 46.6 Å². The van der Waals surface area contributed by atoms with Gasteiger partial charge in [0.15, 0.2) is 5.65 Å². The Morgan fingerprint density at radius 2 is 2.05 bits per heavy atom. The van der Waals surface area contributed by atoms with Crippen molar-refractivity contribution >= 4 is 16.9 Å². The fraction of sp³-hybridized carbons (Fsp3) is 0.571. The highest BCUT2D eigenvalue weighted by atomic mass is 16.2. The van der Waals surface area contributed by atoms with Gasteiger partial charge >= 0.3 is 0 Å². The zero-order valence-corrected chi connectivity index (χ0v) is 13.0. The van der Waals surface area contributed by atoms with Crippen LogP contribution in [0.15, 0.2) is 17.3 Å². The van der Waals surface area contributed by atoms with Gasteiger partial charge in [-0.25, -0.2) is 14.3 Å². The van der Waals surface area contributed by atoms with Crippen LogP contribution in [-0.4, -0.2) is 25.3 Å². The third-order valence-corrected chi connectivity index (χ3v) is 2.96. The number of hydrogen-bond acceptors (Lipinski definition) is 4. The van der Waals surface area contributed by atoms with E-state index in [0.717, 1.165) is 4.68 Å². The maximum absolute atomic E-state index is 12.3. The summed E-state index contributed by atoms with van der Waals surface area (Å²) in [5.41, 5.74) is 2.47. The van der Waals surface area contributed by atoms with E-state index in [2.05, 4.69) is 15.5 Å². The SMILES string of the molecule is CC(C)CC(=O)Nn1cnc2c(cnn2C(C)(C)C)c1=O. The molecule has 1 N–H and O–H groups in total. The average molecular weight is 291 g/mol. The van der Waals surface area contributed by atoms with Crippen molar-refractivity contribution in [2.75, 3.05) is 5.43 Å². The summed E-state index contributed by atoms with van der Waals surface area (Å²) < 4.78 is 2.81. The van der Waals surface area contributed by atoms with Crippen LogP contribution in [0.5, 0.6) is 0 Å². The van der Waals surface area contributed by atoms with E-state index in [9.17, 15) is 9.59 Å². The Morgan fingerprint density at radius 1 is 1.38 bits per heavy atom. The summed E-state index contributed by atoms with van der Waals surface area (Å²) in [5, 5.41) is 4.61. The summed E-state index contributed by atoms with van der Waals surface area (Å²) in [6, 6.07) is 0. The molecule has 0 fully saturated rings. The number of rotatable bonds is 3. The van der Waals surface area contributed by atoms with E-state index in [4.69, 9.17) is 0 Å². The summed E-state index contributed by atoms with van der Waals surface area (Å²) in [7, 11) is 0. The molecule has 2 rings (SSSR count). The quantitative estimate of drug-likeness (QED) is 0.928. The maximum atomic E-state index is 12.3. The molecule has 0 bridgehead atoms. The molecule has 114 valence electrons. The van der Waals surface area contributed by atoms with Crippen molar-refractivity contribution in [2.24, 2.45) is 5.92 Å². The smallest absolute Gasteiger partial charge is 0.273 e. The van der Waals surface area contributed by atoms with Gasteiger partial charge in [-0.2, -0.15) is 5.10 Å². The monoisotopic (exact) mass is 291 g/mol. The molecule has 2 aromatic heterocycles. The molecule has 0 atom stereocenters. The van der Waals surface area contributed by atoms with E-state index in [0.29, 0.717) is 17.5 Å². The van der Waals surface area contributed by atoms with E-state index in [1.807, 2.05) is 34.6 Å². The molecule has 0 radical (unpaired) electrons. The highest BCUT2D eigenvalue weighted by molar-refractivity contribution is 5.84. The summed E-state index contributed by atoms with van der Waals surface area (Å²) in [5.74, 6) is 0.0116. The molecule has 2 heterocycles. The molecule has 0 aliphatic carbocycles. The topological polar surface area (TPSA) is 81.8 Å². The Hall–Kier alpha value is -2.18. The van der Waals surface area contributed by atoms with E-state index in [-0.39, 0.29) is 22.9 Å². The van der Waals surface area contributed by atoms with Gasteiger partial charge in [-0.3, -0.25) is 15.0 Å². The number of amides is 1. The van der Waals surface area contributed by atoms with Gasteiger partial charge in [-0.15, -0.1) is 0 Å². The predicted octanol–water partition coefficient (Wildman–Crippen LogP) is 1.46. The van der Waals surface area contributed by atoms with Crippen LogP contribution in [0, 0.1) is 5.92 Å². The Morgan fingerprint density at radius 3 is 2.62 bits per heavy atom. The molecule has 0 aliphatic heterocycles. The molecule has 0 aromatic carbocycles. The highest BCUT2D eigenvalue weighted by Crippen LogP contribution is 2.17. The van der Waals surface area contributed by atoms with Crippen molar-refractivity contribution in [1.82, 2.24) is 19.4 Å². The second kappa shape index (κ2) is 5.31. The van der Waals surface area contributed by atoms with Crippen LogP contribution in [0.4, 0.5) is 0 Å². The Balaban J connectivity index is 2.40. The second-order valence-corrected chi connectivity index (χ2v) is 6.52. The Bertz CT molecular complexity index is 721. The molecule has 0 saturated carbocycles. The molecule has 2 aromatic rings. The summed E-state index contributed by atoms with van der Waals surface area (Å²) in [4.78, 5) is 28.4. The van der Waals surface area contributed by atoms with Crippen LogP contribution in [0.25, 0.3) is 11.0 Å². The van der Waals surface area contributed by atoms with Crippen LogP contribution in [0.2, 0.25) is 0 Å². The third kappa shape index (κ3) is 3.12. The van der Waals surface area contributed by atoms with Gasteiger partial charge in [0.25, 0.3) is 5.56 Å². The molecule has 21 heavy (non-hydrogen) atoms. The first-order valence-corrected chi connectivity index (χ1v) is 6.96. The molecule has 0 saturated heterocycles. The molecule has 1 amide bonds. The first-order valence-electron chi connectivity index (χ1n) is 6.96. The molecular formula is C14H21N5O2. The van der Waals surface area contributed by atoms with Crippen LogP contribution in [0.3, 0.4) is 0 Å². The number of hydrogen-bond donors (Lipinski definition) is 1. The van der Waals surface area contributed by atoms with Crippen LogP contribution in [0.1, 0.15) is 41.0 Å². The number of nitrogens with one attached hydrogen (secondary N) is 1. The minimum atomic E-state index is -0.326. The fourth-order valence-corrected chi connectivity index (χ4v) is 2.03. The average Bonchev–Trinajstić information content (AvgIpc) is 2.76. The number of carbonyl (C=O) groups is 1. The van der Waals surface area contributed by atoms with Crippen molar-refractivity contribution in [3.8, 4) is 0 Å². The lowest BCUT2D eigenvalue weighted by molar-refractivity contribution is -0.117. The molecule has 0 unspecified atom stereocenters. The van der Waals surface area contributed by atoms with Gasteiger partial charge in [0.05, 0.1) is 11.7 Å². The largest absolute Gasteiger partial charge is 0.283 e. The minimum Gasteiger partial charge on any atom is -0.273 e. The van der Waals surface area contributed by atoms with Crippen LogP contribution in [-0.2, 0) is 10.3 Å². The Kier molecular flexibility index (Phi) is 3.85. The van der Waals surface area contributed by atoms with E-state index in [1.165, 1.54) is 12.5 Å². The van der Waals surface area contributed by atoms with Gasteiger partial charge in [0.1, 0.15) is 11.7 Å². The number of nitrogens with zero attached hydrogens (tertiary/aromatic N) is 4. The Labute approximate surface area is 122 Å². The second-order valence-electron chi connectivity index (χ2n) is 6.52. The van der Waals surface area contributed by atoms with Crippen LogP contribution < -0.4 is 11.0 Å². The van der Waals surface area contributed by atoms with Gasteiger partial charge < -0.3 is 0 Å². The fourth-order valence-electron chi connectivity index (χ4n) is 2.03. The normalized spacial score (nSPS) is 12.1. The van der Waals surface area contributed by atoms with Gasteiger partial charge in [-0.05, 0) is 26.7 Å². The van der Waals surface area contributed by atoms with Crippen molar-refractivity contribution in [3.63, 3.8) is 0 Å². The minimum absolute atomic E-state index is 0.212. The van der Waals surface area contributed by atoms with Gasteiger partial charge in [0, 0.05) is 6.42 Å². The first-order chi connectivity index (χ1) is 9.70. The number of carbonyl (C=O) groups excluding carboxylic acids is 1. The molecular weight excluding hydrogens is 270 g/mol. The zero-order chi connectivity index (χ0) is 15.8. The van der Waals surface area contributed by atoms with E-state index in [1.54, 1.807) is 4.68 Å². The van der Waals surface area contributed by atoms with Gasteiger partial charge in [-0.1, -0.05) is 13.8 Å². The maximum Gasteiger partial charge on any atom is 0.283 e. The zero-order valence-electron chi connectivity index (χ0n) is 13.0.